The molecule has 0 saturated carbocycles. The van der Waals surface area contributed by atoms with Crippen LogP contribution < -0.4 is 5.32 Å². The third-order valence-electron chi connectivity index (χ3n) is 5.29. The van der Waals surface area contributed by atoms with Crippen LogP contribution >= 0.6 is 0 Å². The predicted octanol–water partition coefficient (Wildman–Crippen LogP) is 3.07. The summed E-state index contributed by atoms with van der Waals surface area (Å²) in [5, 5.41) is 2.90. The van der Waals surface area contributed by atoms with Crippen molar-refractivity contribution in [3.8, 4) is 0 Å². The lowest BCUT2D eigenvalue weighted by atomic mass is 9.96. The van der Waals surface area contributed by atoms with Crippen molar-refractivity contribution >= 4 is 15.9 Å². The highest BCUT2D eigenvalue weighted by Crippen LogP contribution is 2.22. The largest absolute Gasteiger partial charge is 0.356 e. The van der Waals surface area contributed by atoms with E-state index in [0.29, 0.717) is 32.5 Å². The zero-order chi connectivity index (χ0) is 20.0. The number of benzene rings is 2. The fraction of sp³-hybridized carbons (Fsp3) is 0.409. The molecule has 0 aliphatic carbocycles. The monoisotopic (exact) mass is 400 g/mol. The summed E-state index contributed by atoms with van der Waals surface area (Å²) in [6, 6.07) is 17.7. The van der Waals surface area contributed by atoms with Gasteiger partial charge in [-0.3, -0.25) is 4.79 Å². The Morgan fingerprint density at radius 3 is 2.46 bits per heavy atom. The van der Waals surface area contributed by atoms with Gasteiger partial charge in [0.25, 0.3) is 0 Å². The summed E-state index contributed by atoms with van der Waals surface area (Å²) in [6.07, 6.45) is 1.88. The van der Waals surface area contributed by atoms with Crippen LogP contribution in [0.5, 0.6) is 0 Å². The van der Waals surface area contributed by atoms with Crippen LogP contribution in [0.2, 0.25) is 0 Å². The lowest BCUT2D eigenvalue weighted by Crippen LogP contribution is -2.38. The number of carbonyl (C=O) groups is 1. The Balaban J connectivity index is 1.48. The van der Waals surface area contributed by atoms with Crippen LogP contribution in [0.15, 0.2) is 54.6 Å². The fourth-order valence-corrected chi connectivity index (χ4v) is 5.16. The van der Waals surface area contributed by atoms with Gasteiger partial charge >= 0.3 is 0 Å². The quantitative estimate of drug-likeness (QED) is 0.693. The van der Waals surface area contributed by atoms with Crippen LogP contribution in [-0.4, -0.2) is 37.5 Å². The Morgan fingerprint density at radius 1 is 1.07 bits per heavy atom. The summed E-state index contributed by atoms with van der Waals surface area (Å²) in [7, 11) is -3.32. The summed E-state index contributed by atoms with van der Waals surface area (Å²) in [5.41, 5.74) is 3.30. The van der Waals surface area contributed by atoms with Gasteiger partial charge in [0.1, 0.15) is 0 Å². The van der Waals surface area contributed by atoms with Crippen molar-refractivity contribution < 1.29 is 13.2 Å². The third-order valence-corrected chi connectivity index (χ3v) is 7.20. The van der Waals surface area contributed by atoms with Gasteiger partial charge in [0.05, 0.1) is 11.7 Å². The van der Waals surface area contributed by atoms with Crippen LogP contribution in [0.1, 0.15) is 42.4 Å². The summed E-state index contributed by atoms with van der Waals surface area (Å²) in [5.74, 6) is -0.188. The lowest BCUT2D eigenvalue weighted by molar-refractivity contribution is -0.122. The summed E-state index contributed by atoms with van der Waals surface area (Å²) in [6.45, 7) is 3.32. The number of fused-ring (bicyclic) bond motifs is 1. The Labute approximate surface area is 167 Å². The van der Waals surface area contributed by atoms with Gasteiger partial charge in [0.15, 0.2) is 0 Å². The maximum absolute atomic E-state index is 12.7. The molecular weight excluding hydrogens is 372 g/mol. The molecular formula is C22H28N2O3S. The molecule has 6 heteroatoms. The average Bonchev–Trinajstić information content (AvgIpc) is 2.72. The molecule has 1 aliphatic heterocycles. The molecule has 1 N–H and O–H groups in total. The highest BCUT2D eigenvalue weighted by molar-refractivity contribution is 7.89. The van der Waals surface area contributed by atoms with E-state index in [1.165, 1.54) is 5.56 Å². The minimum atomic E-state index is -3.32. The number of rotatable bonds is 8. The van der Waals surface area contributed by atoms with Crippen molar-refractivity contribution in [1.82, 2.24) is 9.62 Å². The Kier molecular flexibility index (Phi) is 6.86. The smallest absolute Gasteiger partial charge is 0.227 e. The normalized spacial score (nSPS) is 15.6. The molecule has 2 aromatic carbocycles. The van der Waals surface area contributed by atoms with E-state index in [-0.39, 0.29) is 17.6 Å². The molecule has 1 amide bonds. The lowest BCUT2D eigenvalue weighted by Gasteiger charge is -2.28. The van der Waals surface area contributed by atoms with E-state index < -0.39 is 10.0 Å². The van der Waals surface area contributed by atoms with E-state index in [2.05, 4.69) is 11.4 Å². The Morgan fingerprint density at radius 2 is 1.75 bits per heavy atom. The van der Waals surface area contributed by atoms with Crippen molar-refractivity contribution in [2.24, 2.45) is 0 Å². The second-order valence-corrected chi connectivity index (χ2v) is 9.27. The maximum atomic E-state index is 12.7. The van der Waals surface area contributed by atoms with E-state index in [0.717, 1.165) is 17.5 Å². The van der Waals surface area contributed by atoms with Crippen molar-refractivity contribution in [3.05, 3.63) is 71.3 Å². The highest BCUT2D eigenvalue weighted by Gasteiger charge is 2.26. The molecule has 1 atom stereocenters. The van der Waals surface area contributed by atoms with E-state index in [9.17, 15) is 13.2 Å². The average molecular weight is 401 g/mol. The van der Waals surface area contributed by atoms with Gasteiger partial charge in [-0.1, -0.05) is 61.5 Å². The number of hydrogen-bond acceptors (Lipinski definition) is 3. The van der Waals surface area contributed by atoms with E-state index in [1.807, 2.05) is 55.5 Å². The minimum Gasteiger partial charge on any atom is -0.356 e. The van der Waals surface area contributed by atoms with E-state index in [1.54, 1.807) is 4.31 Å². The molecule has 2 aromatic rings. The molecule has 150 valence electrons. The molecule has 0 spiro atoms. The molecule has 0 radical (unpaired) electrons. The van der Waals surface area contributed by atoms with Gasteiger partial charge < -0.3 is 5.32 Å². The summed E-state index contributed by atoms with van der Waals surface area (Å²) >= 11 is 0. The van der Waals surface area contributed by atoms with Gasteiger partial charge in [-0.05, 0) is 36.0 Å². The molecule has 1 heterocycles. The molecule has 1 aliphatic rings. The molecule has 0 bridgehead atoms. The van der Waals surface area contributed by atoms with Crippen molar-refractivity contribution in [1.29, 1.82) is 0 Å². The van der Waals surface area contributed by atoms with E-state index in [4.69, 9.17) is 0 Å². The van der Waals surface area contributed by atoms with Gasteiger partial charge in [-0.15, -0.1) is 0 Å². The topological polar surface area (TPSA) is 66.5 Å². The number of sulfonamides is 1. The van der Waals surface area contributed by atoms with Crippen molar-refractivity contribution in [3.63, 3.8) is 0 Å². The number of carbonyl (C=O) groups excluding carboxylic acids is 1. The van der Waals surface area contributed by atoms with Gasteiger partial charge in [-0.25, -0.2) is 8.42 Å². The Bertz CT molecular complexity index is 897. The van der Waals surface area contributed by atoms with Gasteiger partial charge in [-0.2, -0.15) is 4.31 Å². The molecule has 0 fully saturated rings. The van der Waals surface area contributed by atoms with Crippen LogP contribution in [0, 0.1) is 0 Å². The first-order chi connectivity index (χ1) is 13.5. The minimum absolute atomic E-state index is 0.0435. The van der Waals surface area contributed by atoms with Gasteiger partial charge in [0, 0.05) is 19.6 Å². The first kappa shape index (κ1) is 20.6. The van der Waals surface area contributed by atoms with Crippen molar-refractivity contribution in [2.75, 3.05) is 18.8 Å². The second-order valence-electron chi connectivity index (χ2n) is 7.18. The van der Waals surface area contributed by atoms with Crippen LogP contribution in [0.4, 0.5) is 0 Å². The van der Waals surface area contributed by atoms with E-state index >= 15 is 0 Å². The summed E-state index contributed by atoms with van der Waals surface area (Å²) < 4.78 is 26.9. The predicted molar refractivity (Wildman–Crippen MR) is 111 cm³/mol. The second kappa shape index (κ2) is 9.34. The standard InChI is InChI=1S/C22H28N2O3S/c1-2-21(19-10-4-3-5-11-19)22(25)23-14-8-16-28(26,27)24-15-13-18-9-6-7-12-20(18)17-24/h3-7,9-12,21H,2,8,13-17H2,1H3,(H,23,25). The molecule has 0 saturated heterocycles. The van der Waals surface area contributed by atoms with Crippen LogP contribution in [0.3, 0.4) is 0 Å². The number of amides is 1. The van der Waals surface area contributed by atoms with Gasteiger partial charge in [0.2, 0.25) is 15.9 Å². The van der Waals surface area contributed by atoms with Crippen LogP contribution in [0.25, 0.3) is 0 Å². The summed E-state index contributed by atoms with van der Waals surface area (Å²) in [4.78, 5) is 12.5. The highest BCUT2D eigenvalue weighted by atomic mass is 32.2. The molecule has 5 nitrogen and oxygen atoms in total. The maximum Gasteiger partial charge on any atom is 0.227 e. The third kappa shape index (κ3) is 5.00. The first-order valence-corrected chi connectivity index (χ1v) is 11.5. The zero-order valence-electron chi connectivity index (χ0n) is 16.3. The molecule has 28 heavy (non-hydrogen) atoms. The number of hydrogen-bond donors (Lipinski definition) is 1. The van der Waals surface area contributed by atoms with Crippen LogP contribution in [-0.2, 0) is 27.8 Å². The molecule has 1 unspecified atom stereocenters. The fourth-order valence-electron chi connectivity index (χ4n) is 3.68. The van der Waals surface area contributed by atoms with Crippen molar-refractivity contribution in [2.45, 2.75) is 38.6 Å². The number of nitrogens with one attached hydrogen (secondary N) is 1. The number of nitrogens with zero attached hydrogens (tertiary/aromatic N) is 1. The SMILES string of the molecule is CCC(C(=O)NCCCS(=O)(=O)N1CCc2ccccc2C1)c1ccccc1. The Hall–Kier alpha value is -2.18. The molecule has 0 aromatic heterocycles. The first-order valence-electron chi connectivity index (χ1n) is 9.88. The zero-order valence-corrected chi connectivity index (χ0v) is 17.1. The molecule has 3 rings (SSSR count).